The first-order chi connectivity index (χ1) is 5.45. The zero-order valence-electron chi connectivity index (χ0n) is 7.33. The van der Waals surface area contributed by atoms with Crippen LogP contribution in [0.4, 0.5) is 0 Å². The minimum Gasteiger partial charge on any atom is -0.480 e. The third-order valence-electron chi connectivity index (χ3n) is 1.97. The van der Waals surface area contributed by atoms with Crippen molar-refractivity contribution in [3.63, 3.8) is 0 Å². The van der Waals surface area contributed by atoms with E-state index in [1.807, 2.05) is 6.92 Å². The van der Waals surface area contributed by atoms with Crippen LogP contribution in [0, 0.1) is 5.41 Å². The molecule has 0 spiro atoms. The molecule has 0 aliphatic rings. The Bertz CT molecular complexity index is 171. The molecule has 2 N–H and O–H groups in total. The lowest BCUT2D eigenvalue weighted by molar-refractivity contribution is -0.163. The highest BCUT2D eigenvalue weighted by molar-refractivity contribution is 5.97. The van der Waals surface area contributed by atoms with E-state index < -0.39 is 17.4 Å². The van der Waals surface area contributed by atoms with Gasteiger partial charge in [-0.15, -0.1) is 0 Å². The van der Waals surface area contributed by atoms with Crippen molar-refractivity contribution >= 4 is 11.9 Å². The number of unbranched alkanes of at least 4 members (excludes halogenated alkanes) is 1. The molecule has 0 saturated heterocycles. The minimum atomic E-state index is -1.62. The molecule has 70 valence electrons. The maximum atomic E-state index is 10.6. The molecule has 0 rings (SSSR count). The highest BCUT2D eigenvalue weighted by Crippen LogP contribution is 2.24. The van der Waals surface area contributed by atoms with Gasteiger partial charge in [-0.05, 0) is 13.3 Å². The predicted octanol–water partition coefficient (Wildman–Crippen LogP) is 1.35. The Kier molecular flexibility index (Phi) is 3.73. The largest absolute Gasteiger partial charge is 0.480 e. The van der Waals surface area contributed by atoms with Crippen LogP contribution < -0.4 is 0 Å². The van der Waals surface area contributed by atoms with Gasteiger partial charge in [-0.3, -0.25) is 9.59 Å². The van der Waals surface area contributed by atoms with Crippen molar-refractivity contribution in [3.05, 3.63) is 0 Å². The Labute approximate surface area is 71.2 Å². The molecule has 0 aromatic carbocycles. The SMILES string of the molecule is CCCCC(C)(C(=O)O)C(=O)O. The molecule has 0 aliphatic heterocycles. The predicted molar refractivity (Wildman–Crippen MR) is 42.9 cm³/mol. The van der Waals surface area contributed by atoms with E-state index in [0.29, 0.717) is 6.42 Å². The van der Waals surface area contributed by atoms with Crippen molar-refractivity contribution in [2.75, 3.05) is 0 Å². The van der Waals surface area contributed by atoms with E-state index in [2.05, 4.69) is 0 Å². The van der Waals surface area contributed by atoms with Crippen LogP contribution in [0.25, 0.3) is 0 Å². The van der Waals surface area contributed by atoms with Crippen molar-refractivity contribution in [3.8, 4) is 0 Å². The van der Waals surface area contributed by atoms with Crippen LogP contribution in [0.3, 0.4) is 0 Å². The molecule has 0 aliphatic carbocycles. The van der Waals surface area contributed by atoms with Gasteiger partial charge in [0.05, 0.1) is 0 Å². The van der Waals surface area contributed by atoms with E-state index in [-0.39, 0.29) is 6.42 Å². The topological polar surface area (TPSA) is 74.6 Å². The minimum absolute atomic E-state index is 0.189. The molecule has 0 saturated carbocycles. The first-order valence-corrected chi connectivity index (χ1v) is 3.92. The van der Waals surface area contributed by atoms with Gasteiger partial charge < -0.3 is 10.2 Å². The first kappa shape index (κ1) is 10.9. The number of carboxylic acid groups (broad SMARTS) is 2. The van der Waals surface area contributed by atoms with E-state index in [1.54, 1.807) is 0 Å². The third kappa shape index (κ3) is 2.22. The van der Waals surface area contributed by atoms with Crippen molar-refractivity contribution in [2.24, 2.45) is 5.41 Å². The Morgan fingerprint density at radius 1 is 1.25 bits per heavy atom. The molecule has 0 aromatic heterocycles. The summed E-state index contributed by atoms with van der Waals surface area (Å²) in [5, 5.41) is 17.3. The number of hydrogen-bond donors (Lipinski definition) is 2. The van der Waals surface area contributed by atoms with Gasteiger partial charge in [-0.2, -0.15) is 0 Å². The summed E-state index contributed by atoms with van der Waals surface area (Å²) in [6, 6.07) is 0. The fraction of sp³-hybridized carbons (Fsp3) is 0.750. The molecule has 12 heavy (non-hydrogen) atoms. The highest BCUT2D eigenvalue weighted by atomic mass is 16.4. The standard InChI is InChI=1S/C8H14O4/c1-3-4-5-8(2,6(9)10)7(11)12/h3-5H2,1-2H3,(H,9,10)(H,11,12). The maximum absolute atomic E-state index is 10.6. The number of carboxylic acids is 2. The van der Waals surface area contributed by atoms with Gasteiger partial charge in [0.1, 0.15) is 0 Å². The van der Waals surface area contributed by atoms with Crippen LogP contribution in [-0.2, 0) is 9.59 Å². The Morgan fingerprint density at radius 2 is 1.67 bits per heavy atom. The summed E-state index contributed by atoms with van der Waals surface area (Å²) in [6.07, 6.45) is 1.61. The maximum Gasteiger partial charge on any atom is 0.320 e. The van der Waals surface area contributed by atoms with Gasteiger partial charge in [0.25, 0.3) is 0 Å². The molecule has 0 bridgehead atoms. The molecule has 4 heteroatoms. The quantitative estimate of drug-likeness (QED) is 0.617. The molecule has 0 fully saturated rings. The molecule has 0 aromatic rings. The molecule has 0 atom stereocenters. The molecule has 0 heterocycles. The van der Waals surface area contributed by atoms with Crippen molar-refractivity contribution in [1.82, 2.24) is 0 Å². The molecule has 0 amide bonds. The average Bonchev–Trinajstić information content (AvgIpc) is 1.99. The molecule has 4 nitrogen and oxygen atoms in total. The molecule has 0 unspecified atom stereocenters. The zero-order valence-corrected chi connectivity index (χ0v) is 7.33. The van der Waals surface area contributed by atoms with Crippen LogP contribution in [0.1, 0.15) is 33.1 Å². The number of hydrogen-bond acceptors (Lipinski definition) is 2. The van der Waals surface area contributed by atoms with Crippen LogP contribution in [0.2, 0.25) is 0 Å². The highest BCUT2D eigenvalue weighted by Gasteiger charge is 2.40. The van der Waals surface area contributed by atoms with Gasteiger partial charge in [0.2, 0.25) is 0 Å². The van der Waals surface area contributed by atoms with Gasteiger partial charge in [0, 0.05) is 0 Å². The van der Waals surface area contributed by atoms with Gasteiger partial charge >= 0.3 is 11.9 Å². The summed E-state index contributed by atoms with van der Waals surface area (Å²) in [7, 11) is 0. The van der Waals surface area contributed by atoms with Crippen LogP contribution >= 0.6 is 0 Å². The average molecular weight is 174 g/mol. The summed E-state index contributed by atoms with van der Waals surface area (Å²) in [5.74, 6) is -2.52. The number of aliphatic carboxylic acids is 2. The number of rotatable bonds is 5. The lowest BCUT2D eigenvalue weighted by Gasteiger charge is -2.18. The molecule has 0 radical (unpaired) electrons. The van der Waals surface area contributed by atoms with E-state index in [1.165, 1.54) is 6.92 Å². The van der Waals surface area contributed by atoms with E-state index in [4.69, 9.17) is 10.2 Å². The molecular weight excluding hydrogens is 160 g/mol. The lowest BCUT2D eigenvalue weighted by atomic mass is 9.85. The first-order valence-electron chi connectivity index (χ1n) is 3.92. The van der Waals surface area contributed by atoms with Crippen LogP contribution in [0.15, 0.2) is 0 Å². The zero-order chi connectivity index (χ0) is 9.78. The van der Waals surface area contributed by atoms with Gasteiger partial charge in [-0.1, -0.05) is 19.8 Å². The van der Waals surface area contributed by atoms with Gasteiger partial charge in [-0.25, -0.2) is 0 Å². The third-order valence-corrected chi connectivity index (χ3v) is 1.97. The van der Waals surface area contributed by atoms with Crippen molar-refractivity contribution in [1.29, 1.82) is 0 Å². The Morgan fingerprint density at radius 3 is 1.92 bits per heavy atom. The molecular formula is C8H14O4. The van der Waals surface area contributed by atoms with Crippen LogP contribution in [-0.4, -0.2) is 22.2 Å². The van der Waals surface area contributed by atoms with Crippen molar-refractivity contribution < 1.29 is 19.8 Å². The van der Waals surface area contributed by atoms with E-state index in [9.17, 15) is 9.59 Å². The summed E-state index contributed by atoms with van der Waals surface area (Å²) in [4.78, 5) is 21.2. The number of carbonyl (C=O) groups is 2. The Balaban J connectivity index is 4.40. The normalized spacial score (nSPS) is 11.2. The monoisotopic (exact) mass is 174 g/mol. The lowest BCUT2D eigenvalue weighted by Crippen LogP contribution is -2.36. The van der Waals surface area contributed by atoms with Crippen LogP contribution in [0.5, 0.6) is 0 Å². The fourth-order valence-electron chi connectivity index (χ4n) is 0.836. The smallest absolute Gasteiger partial charge is 0.320 e. The van der Waals surface area contributed by atoms with E-state index in [0.717, 1.165) is 6.42 Å². The second-order valence-corrected chi connectivity index (χ2v) is 3.05. The Hall–Kier alpha value is -1.06. The second-order valence-electron chi connectivity index (χ2n) is 3.05. The summed E-state index contributed by atoms with van der Waals surface area (Å²) >= 11 is 0. The van der Waals surface area contributed by atoms with E-state index >= 15 is 0 Å². The summed E-state index contributed by atoms with van der Waals surface area (Å²) in [6.45, 7) is 3.14. The fourth-order valence-corrected chi connectivity index (χ4v) is 0.836. The summed E-state index contributed by atoms with van der Waals surface area (Å²) < 4.78 is 0. The summed E-state index contributed by atoms with van der Waals surface area (Å²) in [5.41, 5.74) is -1.62. The second kappa shape index (κ2) is 4.09. The van der Waals surface area contributed by atoms with Crippen molar-refractivity contribution in [2.45, 2.75) is 33.1 Å². The van der Waals surface area contributed by atoms with Gasteiger partial charge in [0.15, 0.2) is 5.41 Å².